The molecule has 256 valence electrons. The molecule has 1 aromatic carbocycles. The van der Waals surface area contributed by atoms with Crippen molar-refractivity contribution in [2.75, 3.05) is 43.9 Å². The highest BCUT2D eigenvalue weighted by Gasteiger charge is 2.18. The number of hydrogen-bond donors (Lipinski definition) is 2. The number of nitrogens with one attached hydrogen (secondary N) is 2. The lowest BCUT2D eigenvalue weighted by molar-refractivity contribution is -0.107. The molecule has 6 heteroatoms. The topological polar surface area (TPSA) is 78.5 Å². The van der Waals surface area contributed by atoms with Crippen LogP contribution in [0.4, 0.5) is 11.4 Å². The second-order valence-corrected chi connectivity index (χ2v) is 13.3. The molecule has 6 nitrogen and oxygen atoms in total. The Morgan fingerprint density at radius 2 is 1.00 bits per heavy atom. The fourth-order valence-electron chi connectivity index (χ4n) is 6.55. The quantitative estimate of drug-likeness (QED) is 0.0455. The third kappa shape index (κ3) is 19.6. The smallest absolute Gasteiger partial charge is 0.253 e. The van der Waals surface area contributed by atoms with E-state index in [9.17, 15) is 14.4 Å². The summed E-state index contributed by atoms with van der Waals surface area (Å²) in [7, 11) is 1.68. The zero-order valence-electron chi connectivity index (χ0n) is 29.3. The molecule has 0 aliphatic rings. The van der Waals surface area contributed by atoms with Crippen LogP contribution in [0.2, 0.25) is 0 Å². The monoisotopic (exact) mass is 618 g/mol. The second-order valence-electron chi connectivity index (χ2n) is 13.3. The molecule has 44 heavy (non-hydrogen) atoms. The SMILES string of the molecule is CCCCCCC(CCCCCC)CCCCCCCCCN(CCCCCCCC=O)CCCNc1c(NC)c(=O)c1=O. The van der Waals surface area contributed by atoms with Crippen molar-refractivity contribution < 1.29 is 4.79 Å². The molecular weight excluding hydrogens is 546 g/mol. The van der Waals surface area contributed by atoms with Gasteiger partial charge in [-0.1, -0.05) is 142 Å². The number of aldehydes is 1. The van der Waals surface area contributed by atoms with Gasteiger partial charge in [-0.3, -0.25) is 9.59 Å². The Hall–Kier alpha value is -1.69. The van der Waals surface area contributed by atoms with E-state index in [4.69, 9.17) is 0 Å². The summed E-state index contributed by atoms with van der Waals surface area (Å²) in [6.45, 7) is 8.61. The van der Waals surface area contributed by atoms with Crippen molar-refractivity contribution in [1.82, 2.24) is 4.90 Å². The van der Waals surface area contributed by atoms with E-state index >= 15 is 0 Å². The zero-order chi connectivity index (χ0) is 32.1. The van der Waals surface area contributed by atoms with Gasteiger partial charge in [-0.05, 0) is 51.2 Å². The molecule has 0 fully saturated rings. The van der Waals surface area contributed by atoms with Crippen LogP contribution in [0.1, 0.15) is 174 Å². The van der Waals surface area contributed by atoms with Crippen LogP contribution in [0.5, 0.6) is 0 Å². The first-order valence-corrected chi connectivity index (χ1v) is 19.0. The Balaban J connectivity index is 2.26. The van der Waals surface area contributed by atoms with Gasteiger partial charge in [0.2, 0.25) is 0 Å². The van der Waals surface area contributed by atoms with Crippen LogP contribution in [0.15, 0.2) is 9.59 Å². The molecule has 0 saturated heterocycles. The molecule has 2 N–H and O–H groups in total. The van der Waals surface area contributed by atoms with Gasteiger partial charge in [0.15, 0.2) is 0 Å². The average molecular weight is 618 g/mol. The van der Waals surface area contributed by atoms with Crippen molar-refractivity contribution >= 4 is 17.7 Å². The Bertz CT molecular complexity index is 852. The van der Waals surface area contributed by atoms with Crippen LogP contribution in [0.25, 0.3) is 0 Å². The lowest BCUT2D eigenvalue weighted by atomic mass is 9.89. The molecule has 0 radical (unpaired) electrons. The summed E-state index contributed by atoms with van der Waals surface area (Å²) in [6, 6.07) is 0. The van der Waals surface area contributed by atoms with Crippen molar-refractivity contribution in [3.63, 3.8) is 0 Å². The number of carbonyl (C=O) groups excluding carboxylic acids is 1. The number of carbonyl (C=O) groups is 1. The Morgan fingerprint density at radius 1 is 0.568 bits per heavy atom. The lowest BCUT2D eigenvalue weighted by Crippen LogP contribution is -2.37. The van der Waals surface area contributed by atoms with Crippen LogP contribution in [-0.2, 0) is 4.79 Å². The van der Waals surface area contributed by atoms with Crippen LogP contribution in [-0.4, -0.2) is 44.4 Å². The van der Waals surface area contributed by atoms with E-state index in [1.165, 1.54) is 135 Å². The predicted octanol–water partition coefficient (Wildman–Crippen LogP) is 9.65. The number of hydrogen-bond acceptors (Lipinski definition) is 6. The van der Waals surface area contributed by atoms with Crippen molar-refractivity contribution in [2.24, 2.45) is 5.92 Å². The zero-order valence-corrected chi connectivity index (χ0v) is 29.3. The van der Waals surface area contributed by atoms with Crippen molar-refractivity contribution in [2.45, 2.75) is 174 Å². The standard InChI is InChI=1S/C38H71N3O3/c1-4-6-8-19-26-34(27-20-9-7-5-2)28-21-15-11-10-12-16-22-30-41(31-23-17-13-14-18-24-33-42)32-25-29-40-36-35(39-3)37(43)38(36)44/h33-34,39-40H,4-32H2,1-3H3. The van der Waals surface area contributed by atoms with Crippen LogP contribution >= 0.6 is 0 Å². The highest BCUT2D eigenvalue weighted by Crippen LogP contribution is 2.24. The van der Waals surface area contributed by atoms with E-state index in [0.29, 0.717) is 24.3 Å². The highest BCUT2D eigenvalue weighted by molar-refractivity contribution is 5.73. The largest absolute Gasteiger partial charge is 0.383 e. The third-order valence-corrected chi connectivity index (χ3v) is 9.43. The first kappa shape index (κ1) is 40.3. The van der Waals surface area contributed by atoms with Crippen LogP contribution in [0, 0.1) is 5.92 Å². The predicted molar refractivity (Wildman–Crippen MR) is 192 cm³/mol. The van der Waals surface area contributed by atoms with E-state index in [2.05, 4.69) is 29.4 Å². The Labute approximate surface area is 271 Å². The average Bonchev–Trinajstić information content (AvgIpc) is 3.03. The third-order valence-electron chi connectivity index (χ3n) is 9.43. The summed E-state index contributed by atoms with van der Waals surface area (Å²) < 4.78 is 0. The summed E-state index contributed by atoms with van der Waals surface area (Å²) >= 11 is 0. The summed E-state index contributed by atoms with van der Waals surface area (Å²) in [5.41, 5.74) is 0.0647. The molecular formula is C38H71N3O3. The summed E-state index contributed by atoms with van der Waals surface area (Å²) in [6.07, 6.45) is 33.6. The van der Waals surface area contributed by atoms with E-state index < -0.39 is 10.9 Å². The van der Waals surface area contributed by atoms with Gasteiger partial charge >= 0.3 is 0 Å². The van der Waals surface area contributed by atoms with Gasteiger partial charge in [-0.2, -0.15) is 0 Å². The first-order valence-electron chi connectivity index (χ1n) is 19.0. The Kier molecular flexibility index (Phi) is 26.4. The minimum Gasteiger partial charge on any atom is -0.383 e. The maximum Gasteiger partial charge on any atom is 0.253 e. The number of rotatable bonds is 34. The van der Waals surface area contributed by atoms with Crippen molar-refractivity contribution in [1.29, 1.82) is 0 Å². The fraction of sp³-hybridized carbons (Fsp3) is 0.868. The maximum absolute atomic E-state index is 11.8. The van der Waals surface area contributed by atoms with Crippen molar-refractivity contribution in [3.05, 3.63) is 20.4 Å². The number of anilines is 2. The molecule has 1 rings (SSSR count). The fourth-order valence-corrected chi connectivity index (χ4v) is 6.55. The van der Waals surface area contributed by atoms with Gasteiger partial charge in [-0.15, -0.1) is 0 Å². The van der Waals surface area contributed by atoms with Gasteiger partial charge in [0, 0.05) is 20.0 Å². The summed E-state index contributed by atoms with van der Waals surface area (Å²) in [5, 5.41) is 6.01. The molecule has 0 spiro atoms. The molecule has 0 atom stereocenters. The number of unbranched alkanes of at least 4 members (excludes halogenated alkanes) is 17. The number of nitrogens with zero attached hydrogens (tertiary/aromatic N) is 1. The van der Waals surface area contributed by atoms with Gasteiger partial charge in [0.25, 0.3) is 10.9 Å². The molecule has 0 aliphatic carbocycles. The normalized spacial score (nSPS) is 11.7. The molecule has 0 aromatic heterocycles. The van der Waals surface area contributed by atoms with E-state index in [1.807, 2.05) is 0 Å². The van der Waals surface area contributed by atoms with E-state index in [-0.39, 0.29) is 0 Å². The van der Waals surface area contributed by atoms with Crippen LogP contribution < -0.4 is 21.5 Å². The highest BCUT2D eigenvalue weighted by atomic mass is 16.2. The molecule has 0 bridgehead atoms. The Morgan fingerprint density at radius 3 is 1.50 bits per heavy atom. The van der Waals surface area contributed by atoms with Crippen LogP contribution in [0.3, 0.4) is 0 Å². The van der Waals surface area contributed by atoms with Gasteiger partial charge in [0.05, 0.1) is 0 Å². The molecule has 1 aromatic rings. The summed E-state index contributed by atoms with van der Waals surface area (Å²) in [4.78, 5) is 36.6. The van der Waals surface area contributed by atoms with Gasteiger partial charge in [-0.25, -0.2) is 0 Å². The summed E-state index contributed by atoms with van der Waals surface area (Å²) in [5.74, 6) is 0.972. The maximum atomic E-state index is 11.8. The molecule has 0 saturated carbocycles. The lowest BCUT2D eigenvalue weighted by Gasteiger charge is -2.23. The van der Waals surface area contributed by atoms with Gasteiger partial charge in [0.1, 0.15) is 17.7 Å². The van der Waals surface area contributed by atoms with Gasteiger partial charge < -0.3 is 20.3 Å². The van der Waals surface area contributed by atoms with E-state index in [0.717, 1.165) is 51.1 Å². The van der Waals surface area contributed by atoms with Crippen molar-refractivity contribution in [3.8, 4) is 0 Å². The molecule has 0 aliphatic heterocycles. The molecule has 0 heterocycles. The first-order chi connectivity index (χ1) is 21.6. The molecule has 0 unspecified atom stereocenters. The minimum atomic E-state index is -0.412. The molecule has 0 amide bonds. The minimum absolute atomic E-state index is 0.398. The van der Waals surface area contributed by atoms with E-state index in [1.54, 1.807) is 7.05 Å². The second kappa shape index (κ2) is 28.8.